The summed E-state index contributed by atoms with van der Waals surface area (Å²) in [5, 5.41) is 10.7. The van der Waals surface area contributed by atoms with E-state index in [2.05, 4.69) is 11.5 Å². The molecule has 0 radical (unpaired) electrons. The zero-order valence-electron chi connectivity index (χ0n) is 12.1. The Labute approximate surface area is 124 Å². The van der Waals surface area contributed by atoms with E-state index in [1.54, 1.807) is 12.1 Å². The Kier molecular flexibility index (Phi) is 5.14. The molecule has 0 fully saturated rings. The van der Waals surface area contributed by atoms with Crippen LogP contribution in [0.1, 0.15) is 31.9 Å². The predicted molar refractivity (Wildman–Crippen MR) is 78.1 cm³/mol. The standard InChI is InChI=1S/C17H20FNO2/c1-2-3-12-19-15(9-11-17(20)21)8-10-16(19)13-4-6-14(18)7-5-13/h4-8,10H,2-3,9,11-12H2,1H3,(H,20,21)/p-1. The number of carboxylic acids is 1. The van der Waals surface area contributed by atoms with Crippen LogP contribution in [0.2, 0.25) is 0 Å². The van der Waals surface area contributed by atoms with E-state index in [0.29, 0.717) is 6.42 Å². The van der Waals surface area contributed by atoms with Gasteiger partial charge in [-0.3, -0.25) is 0 Å². The predicted octanol–water partition coefficient (Wildman–Crippen LogP) is 2.78. The fourth-order valence-corrected chi connectivity index (χ4v) is 2.41. The van der Waals surface area contributed by atoms with Gasteiger partial charge in [-0.1, -0.05) is 13.3 Å². The summed E-state index contributed by atoms with van der Waals surface area (Å²) in [6.07, 6.45) is 2.54. The lowest BCUT2D eigenvalue weighted by Gasteiger charge is -2.14. The lowest BCUT2D eigenvalue weighted by atomic mass is 10.1. The van der Waals surface area contributed by atoms with Crippen molar-refractivity contribution in [3.05, 3.63) is 47.9 Å². The topological polar surface area (TPSA) is 45.1 Å². The number of halogens is 1. The number of unbranched alkanes of at least 4 members (excludes halogenated alkanes) is 1. The van der Waals surface area contributed by atoms with E-state index in [1.165, 1.54) is 12.1 Å². The molecule has 112 valence electrons. The van der Waals surface area contributed by atoms with Crippen molar-refractivity contribution in [1.29, 1.82) is 0 Å². The molecule has 0 aliphatic rings. The SMILES string of the molecule is CCCCn1c(CCC(=O)[O-])ccc1-c1ccc(F)cc1. The summed E-state index contributed by atoms with van der Waals surface area (Å²) in [6, 6.07) is 10.3. The van der Waals surface area contributed by atoms with Crippen molar-refractivity contribution in [3.63, 3.8) is 0 Å². The molecule has 4 heteroatoms. The molecule has 21 heavy (non-hydrogen) atoms. The van der Waals surface area contributed by atoms with Crippen LogP contribution >= 0.6 is 0 Å². The van der Waals surface area contributed by atoms with Crippen molar-refractivity contribution in [2.75, 3.05) is 0 Å². The molecular formula is C17H19FNO2-. The molecule has 0 aliphatic carbocycles. The maximum atomic E-state index is 13.0. The second kappa shape index (κ2) is 7.07. The molecule has 1 aromatic heterocycles. The quantitative estimate of drug-likeness (QED) is 0.786. The molecule has 2 aromatic rings. The van der Waals surface area contributed by atoms with Gasteiger partial charge in [0.25, 0.3) is 0 Å². The average molecular weight is 288 g/mol. The number of carboxylic acid groups (broad SMARTS) is 1. The van der Waals surface area contributed by atoms with Crippen molar-refractivity contribution < 1.29 is 14.3 Å². The van der Waals surface area contributed by atoms with Crippen molar-refractivity contribution in [3.8, 4) is 11.3 Å². The largest absolute Gasteiger partial charge is 0.550 e. The maximum absolute atomic E-state index is 13.0. The van der Waals surface area contributed by atoms with Crippen LogP contribution in [0.25, 0.3) is 11.3 Å². The first-order valence-electron chi connectivity index (χ1n) is 7.26. The van der Waals surface area contributed by atoms with E-state index < -0.39 is 5.97 Å². The fraction of sp³-hybridized carbons (Fsp3) is 0.353. The van der Waals surface area contributed by atoms with Crippen LogP contribution in [-0.4, -0.2) is 10.5 Å². The molecule has 0 saturated heterocycles. The number of hydrogen-bond acceptors (Lipinski definition) is 2. The van der Waals surface area contributed by atoms with Gasteiger partial charge in [0.1, 0.15) is 5.82 Å². The van der Waals surface area contributed by atoms with E-state index >= 15 is 0 Å². The summed E-state index contributed by atoms with van der Waals surface area (Å²) in [5.74, 6) is -1.30. The highest BCUT2D eigenvalue weighted by Crippen LogP contribution is 2.24. The third-order valence-electron chi connectivity index (χ3n) is 3.53. The molecule has 0 amide bonds. The van der Waals surface area contributed by atoms with Gasteiger partial charge in [-0.2, -0.15) is 0 Å². The Balaban J connectivity index is 2.31. The Morgan fingerprint density at radius 2 is 1.90 bits per heavy atom. The third kappa shape index (κ3) is 3.94. The Morgan fingerprint density at radius 3 is 2.52 bits per heavy atom. The van der Waals surface area contributed by atoms with Gasteiger partial charge in [0.05, 0.1) is 0 Å². The average Bonchev–Trinajstić information content (AvgIpc) is 2.86. The number of carbonyl (C=O) groups excluding carboxylic acids is 1. The highest BCUT2D eigenvalue weighted by Gasteiger charge is 2.10. The Morgan fingerprint density at radius 1 is 1.19 bits per heavy atom. The van der Waals surface area contributed by atoms with Gasteiger partial charge >= 0.3 is 0 Å². The molecule has 0 saturated carbocycles. The summed E-state index contributed by atoms with van der Waals surface area (Å²) in [5.41, 5.74) is 2.91. The van der Waals surface area contributed by atoms with Gasteiger partial charge in [-0.15, -0.1) is 0 Å². The van der Waals surface area contributed by atoms with Crippen molar-refractivity contribution in [1.82, 2.24) is 4.57 Å². The van der Waals surface area contributed by atoms with Crippen LogP contribution in [0.3, 0.4) is 0 Å². The first-order chi connectivity index (χ1) is 10.1. The van der Waals surface area contributed by atoms with E-state index in [9.17, 15) is 14.3 Å². The minimum atomic E-state index is -1.04. The lowest BCUT2D eigenvalue weighted by molar-refractivity contribution is -0.305. The van der Waals surface area contributed by atoms with E-state index in [4.69, 9.17) is 0 Å². The van der Waals surface area contributed by atoms with Crippen LogP contribution in [0.5, 0.6) is 0 Å². The maximum Gasteiger partial charge on any atom is 0.123 e. The molecule has 0 atom stereocenters. The van der Waals surface area contributed by atoms with Crippen molar-refractivity contribution in [2.45, 2.75) is 39.2 Å². The van der Waals surface area contributed by atoms with Gasteiger partial charge in [0.15, 0.2) is 0 Å². The van der Waals surface area contributed by atoms with E-state index in [1.807, 2.05) is 12.1 Å². The first kappa shape index (κ1) is 15.3. The molecule has 2 rings (SSSR count). The van der Waals surface area contributed by atoms with E-state index in [0.717, 1.165) is 36.3 Å². The molecule has 0 N–H and O–H groups in total. The number of nitrogens with zero attached hydrogens (tertiary/aromatic N) is 1. The summed E-state index contributed by atoms with van der Waals surface area (Å²) >= 11 is 0. The zero-order chi connectivity index (χ0) is 15.2. The number of benzene rings is 1. The number of aromatic nitrogens is 1. The number of carbonyl (C=O) groups is 1. The van der Waals surface area contributed by atoms with Crippen LogP contribution in [0.15, 0.2) is 36.4 Å². The molecular weight excluding hydrogens is 269 g/mol. The van der Waals surface area contributed by atoms with Crippen LogP contribution in [0.4, 0.5) is 4.39 Å². The summed E-state index contributed by atoms with van der Waals surface area (Å²) in [7, 11) is 0. The number of rotatable bonds is 7. The van der Waals surface area contributed by atoms with Gasteiger partial charge < -0.3 is 14.5 Å². The molecule has 0 bridgehead atoms. The molecule has 0 spiro atoms. The molecule has 0 aliphatic heterocycles. The highest BCUT2D eigenvalue weighted by atomic mass is 19.1. The second-order valence-corrected chi connectivity index (χ2v) is 5.09. The molecule has 0 unspecified atom stereocenters. The van der Waals surface area contributed by atoms with Crippen LogP contribution in [-0.2, 0) is 17.8 Å². The first-order valence-corrected chi connectivity index (χ1v) is 7.26. The molecule has 3 nitrogen and oxygen atoms in total. The molecule has 1 aromatic carbocycles. The highest BCUT2D eigenvalue weighted by molar-refractivity contribution is 5.65. The van der Waals surface area contributed by atoms with Crippen LogP contribution in [0, 0.1) is 5.82 Å². The van der Waals surface area contributed by atoms with Gasteiger partial charge in [0, 0.05) is 23.9 Å². The minimum absolute atomic E-state index is 0.0129. The fourth-order valence-electron chi connectivity index (χ4n) is 2.41. The summed E-state index contributed by atoms with van der Waals surface area (Å²) < 4.78 is 15.2. The number of aliphatic carboxylic acids is 1. The zero-order valence-corrected chi connectivity index (χ0v) is 12.1. The van der Waals surface area contributed by atoms with Crippen molar-refractivity contribution in [2.24, 2.45) is 0 Å². The Bertz CT molecular complexity index is 602. The smallest absolute Gasteiger partial charge is 0.123 e. The lowest BCUT2D eigenvalue weighted by Crippen LogP contribution is -2.23. The van der Waals surface area contributed by atoms with Crippen LogP contribution < -0.4 is 5.11 Å². The number of hydrogen-bond donors (Lipinski definition) is 0. The van der Waals surface area contributed by atoms with E-state index in [-0.39, 0.29) is 12.2 Å². The third-order valence-corrected chi connectivity index (χ3v) is 3.53. The summed E-state index contributed by atoms with van der Waals surface area (Å²) in [6.45, 7) is 2.94. The van der Waals surface area contributed by atoms with Gasteiger partial charge in [-0.25, -0.2) is 4.39 Å². The Hall–Kier alpha value is -2.10. The molecule has 1 heterocycles. The minimum Gasteiger partial charge on any atom is -0.550 e. The monoisotopic (exact) mass is 288 g/mol. The number of aryl methyl sites for hydroxylation is 1. The van der Waals surface area contributed by atoms with Gasteiger partial charge in [0.2, 0.25) is 0 Å². The summed E-state index contributed by atoms with van der Waals surface area (Å²) in [4.78, 5) is 10.7. The van der Waals surface area contributed by atoms with Gasteiger partial charge in [-0.05, 0) is 61.2 Å². The normalized spacial score (nSPS) is 10.8. The second-order valence-electron chi connectivity index (χ2n) is 5.09. The van der Waals surface area contributed by atoms with Crippen molar-refractivity contribution >= 4 is 5.97 Å².